The highest BCUT2D eigenvalue weighted by atomic mass is 14.4. The first-order valence-electron chi connectivity index (χ1n) is 7.07. The highest BCUT2D eigenvalue weighted by Gasteiger charge is 2.39. The van der Waals surface area contributed by atoms with E-state index in [9.17, 15) is 0 Å². The van der Waals surface area contributed by atoms with Crippen molar-refractivity contribution in [1.82, 2.24) is 0 Å². The smallest absolute Gasteiger partial charge is 0.00745 e. The zero-order valence-electron chi connectivity index (χ0n) is 12.1. The van der Waals surface area contributed by atoms with Crippen LogP contribution >= 0.6 is 0 Å². The van der Waals surface area contributed by atoms with Crippen molar-refractivity contribution in [3.8, 4) is 0 Å². The Morgan fingerprint density at radius 3 is 2.00 bits per heavy atom. The third-order valence-electron chi connectivity index (χ3n) is 5.26. The molecule has 0 aromatic heterocycles. The van der Waals surface area contributed by atoms with Crippen molar-refractivity contribution >= 4 is 0 Å². The molecule has 0 heterocycles. The van der Waals surface area contributed by atoms with Crippen molar-refractivity contribution in [3.05, 3.63) is 34.9 Å². The van der Waals surface area contributed by atoms with Gasteiger partial charge >= 0.3 is 0 Å². The van der Waals surface area contributed by atoms with Gasteiger partial charge in [0.25, 0.3) is 0 Å². The van der Waals surface area contributed by atoms with Crippen LogP contribution in [-0.2, 0) is 10.8 Å². The summed E-state index contributed by atoms with van der Waals surface area (Å²) >= 11 is 0. The van der Waals surface area contributed by atoms with E-state index < -0.39 is 0 Å². The molecule has 0 heteroatoms. The lowest BCUT2D eigenvalue weighted by Gasteiger charge is -2.45. The number of fused-ring (bicyclic) bond motifs is 1. The van der Waals surface area contributed by atoms with Crippen LogP contribution in [0.2, 0.25) is 0 Å². The van der Waals surface area contributed by atoms with E-state index in [1.165, 1.54) is 31.2 Å². The van der Waals surface area contributed by atoms with Gasteiger partial charge < -0.3 is 0 Å². The average Bonchev–Trinajstić information content (AvgIpc) is 2.34. The molecular weight excluding hydrogens is 204 g/mol. The van der Waals surface area contributed by atoms with E-state index in [-0.39, 0.29) is 0 Å². The molecule has 2 atom stereocenters. The maximum atomic E-state index is 2.44. The molecule has 0 radical (unpaired) electrons. The van der Waals surface area contributed by atoms with E-state index in [0.29, 0.717) is 10.8 Å². The molecule has 1 aromatic rings. The van der Waals surface area contributed by atoms with Gasteiger partial charge in [-0.3, -0.25) is 0 Å². The highest BCUT2D eigenvalue weighted by molar-refractivity contribution is 5.44. The molecule has 1 aromatic carbocycles. The standard InChI is InChI=1S/C17H26/c1-6-16(4)10-11-17(5,7-2)15-12-13(3)8-9-14(15)16/h8-9,12H,6-7,10-11H2,1-5H3/t16-,17+/m0/s1. The predicted octanol–water partition coefficient (Wildman–Crippen LogP) is 5.12. The summed E-state index contributed by atoms with van der Waals surface area (Å²) < 4.78 is 0. The van der Waals surface area contributed by atoms with Gasteiger partial charge in [0.1, 0.15) is 0 Å². The molecule has 0 aliphatic heterocycles. The van der Waals surface area contributed by atoms with E-state index in [0.717, 1.165) is 0 Å². The summed E-state index contributed by atoms with van der Waals surface area (Å²) in [6, 6.07) is 7.11. The minimum atomic E-state index is 0.399. The first kappa shape index (κ1) is 12.7. The SMILES string of the molecule is CC[C@@]1(C)CC[C@@](C)(CC)c2cc(C)ccc21. The van der Waals surface area contributed by atoms with Crippen LogP contribution in [0.25, 0.3) is 0 Å². The summed E-state index contributed by atoms with van der Waals surface area (Å²) in [5, 5.41) is 0. The molecule has 0 bridgehead atoms. The van der Waals surface area contributed by atoms with Gasteiger partial charge in [-0.1, -0.05) is 51.5 Å². The Morgan fingerprint density at radius 1 is 0.941 bits per heavy atom. The van der Waals surface area contributed by atoms with Gasteiger partial charge in [-0.05, 0) is 54.6 Å². The Kier molecular flexibility index (Phi) is 3.10. The van der Waals surface area contributed by atoms with Gasteiger partial charge in [0.05, 0.1) is 0 Å². The second-order valence-corrected chi connectivity index (χ2v) is 6.38. The molecule has 94 valence electrons. The fourth-order valence-electron chi connectivity index (χ4n) is 3.24. The maximum Gasteiger partial charge on any atom is -0.00745 e. The third-order valence-corrected chi connectivity index (χ3v) is 5.26. The first-order valence-corrected chi connectivity index (χ1v) is 7.07. The van der Waals surface area contributed by atoms with Gasteiger partial charge in [-0.2, -0.15) is 0 Å². The van der Waals surface area contributed by atoms with E-state index >= 15 is 0 Å². The fourth-order valence-corrected chi connectivity index (χ4v) is 3.24. The van der Waals surface area contributed by atoms with Gasteiger partial charge in [0.2, 0.25) is 0 Å². The van der Waals surface area contributed by atoms with Crippen molar-refractivity contribution in [2.45, 2.75) is 71.1 Å². The highest BCUT2D eigenvalue weighted by Crippen LogP contribution is 2.49. The summed E-state index contributed by atoms with van der Waals surface area (Å²) in [4.78, 5) is 0. The van der Waals surface area contributed by atoms with Crippen LogP contribution in [0, 0.1) is 6.92 Å². The Hall–Kier alpha value is -0.780. The molecule has 0 spiro atoms. The lowest BCUT2D eigenvalue weighted by molar-refractivity contribution is 0.283. The van der Waals surface area contributed by atoms with Crippen molar-refractivity contribution in [1.29, 1.82) is 0 Å². The molecule has 0 amide bonds. The second-order valence-electron chi connectivity index (χ2n) is 6.38. The number of hydrogen-bond acceptors (Lipinski definition) is 0. The van der Waals surface area contributed by atoms with Gasteiger partial charge in [-0.25, -0.2) is 0 Å². The minimum Gasteiger partial charge on any atom is -0.0645 e. The fraction of sp³-hybridized carbons (Fsp3) is 0.647. The third kappa shape index (κ3) is 1.92. The second kappa shape index (κ2) is 4.15. The quantitative estimate of drug-likeness (QED) is 0.661. The molecule has 0 N–H and O–H groups in total. The predicted molar refractivity (Wildman–Crippen MR) is 75.7 cm³/mol. The molecule has 0 nitrogen and oxygen atoms in total. The summed E-state index contributed by atoms with van der Waals surface area (Å²) in [5.74, 6) is 0. The van der Waals surface area contributed by atoms with Gasteiger partial charge in [0.15, 0.2) is 0 Å². The Morgan fingerprint density at radius 2 is 1.47 bits per heavy atom. The first-order chi connectivity index (χ1) is 7.95. The van der Waals surface area contributed by atoms with Crippen LogP contribution in [0.15, 0.2) is 18.2 Å². The van der Waals surface area contributed by atoms with Crippen LogP contribution in [0.3, 0.4) is 0 Å². The molecule has 17 heavy (non-hydrogen) atoms. The van der Waals surface area contributed by atoms with Crippen LogP contribution in [0.1, 0.15) is 70.1 Å². The van der Waals surface area contributed by atoms with Crippen LogP contribution < -0.4 is 0 Å². The molecule has 2 rings (SSSR count). The molecule has 1 aliphatic rings. The van der Waals surface area contributed by atoms with E-state index in [4.69, 9.17) is 0 Å². The number of hydrogen-bond donors (Lipinski definition) is 0. The van der Waals surface area contributed by atoms with Crippen LogP contribution in [0.4, 0.5) is 0 Å². The molecule has 0 saturated heterocycles. The summed E-state index contributed by atoms with van der Waals surface area (Å²) in [5.41, 5.74) is 5.44. The average molecular weight is 230 g/mol. The van der Waals surface area contributed by atoms with Gasteiger partial charge in [-0.15, -0.1) is 0 Å². The number of aryl methyl sites for hydroxylation is 1. The largest absolute Gasteiger partial charge is 0.0645 e. The maximum absolute atomic E-state index is 2.44. The topological polar surface area (TPSA) is 0 Å². The molecular formula is C17H26. The monoisotopic (exact) mass is 230 g/mol. The summed E-state index contributed by atoms with van der Waals surface area (Å²) in [6.07, 6.45) is 5.18. The normalized spacial score (nSPS) is 32.3. The Labute approximate surface area is 106 Å². The lowest BCUT2D eigenvalue weighted by atomic mass is 9.60. The summed E-state index contributed by atoms with van der Waals surface area (Å²) in [7, 11) is 0. The zero-order valence-corrected chi connectivity index (χ0v) is 12.1. The summed E-state index contributed by atoms with van der Waals surface area (Å²) in [6.45, 7) is 11.8. The van der Waals surface area contributed by atoms with Crippen molar-refractivity contribution in [2.24, 2.45) is 0 Å². The van der Waals surface area contributed by atoms with E-state index in [1.807, 2.05) is 0 Å². The van der Waals surface area contributed by atoms with Crippen molar-refractivity contribution in [3.63, 3.8) is 0 Å². The van der Waals surface area contributed by atoms with Gasteiger partial charge in [0, 0.05) is 0 Å². The molecule has 0 saturated carbocycles. The van der Waals surface area contributed by atoms with E-state index in [1.54, 1.807) is 11.1 Å². The minimum absolute atomic E-state index is 0.399. The molecule has 0 fully saturated rings. The number of rotatable bonds is 2. The Bertz CT molecular complexity index is 418. The molecule has 1 aliphatic carbocycles. The molecule has 0 unspecified atom stereocenters. The van der Waals surface area contributed by atoms with E-state index in [2.05, 4.69) is 52.8 Å². The van der Waals surface area contributed by atoms with Crippen LogP contribution in [0.5, 0.6) is 0 Å². The van der Waals surface area contributed by atoms with Crippen molar-refractivity contribution in [2.75, 3.05) is 0 Å². The zero-order chi connectivity index (χ0) is 12.7. The Balaban J connectivity index is 2.62. The number of benzene rings is 1. The van der Waals surface area contributed by atoms with Crippen molar-refractivity contribution < 1.29 is 0 Å². The lowest BCUT2D eigenvalue weighted by Crippen LogP contribution is -2.36. The van der Waals surface area contributed by atoms with Crippen LogP contribution in [-0.4, -0.2) is 0 Å².